The van der Waals surface area contributed by atoms with E-state index in [4.69, 9.17) is 0 Å². The second-order valence-corrected chi connectivity index (χ2v) is 5.01. The zero-order valence-electron chi connectivity index (χ0n) is 9.05. The summed E-state index contributed by atoms with van der Waals surface area (Å²) in [5.74, 6) is 2.34. The number of amides is 1. The first kappa shape index (κ1) is 9.97. The molecule has 0 spiro atoms. The average Bonchev–Trinajstić information content (AvgIpc) is 2.63. The molecule has 14 heavy (non-hydrogen) atoms. The number of carbonyl (C=O) groups excluding carboxylic acids is 1. The molecule has 2 aliphatic rings. The highest BCUT2D eigenvalue weighted by Gasteiger charge is 2.53. The topological polar surface area (TPSA) is 41.1 Å². The van der Waals surface area contributed by atoms with Crippen LogP contribution >= 0.6 is 0 Å². The van der Waals surface area contributed by atoms with E-state index in [0.717, 1.165) is 31.3 Å². The van der Waals surface area contributed by atoms with Gasteiger partial charge in [-0.2, -0.15) is 0 Å². The molecule has 2 rings (SSSR count). The Morgan fingerprint density at radius 1 is 1.43 bits per heavy atom. The van der Waals surface area contributed by atoms with E-state index in [1.54, 1.807) is 0 Å². The molecule has 1 amide bonds. The van der Waals surface area contributed by atoms with Gasteiger partial charge in [-0.1, -0.05) is 13.8 Å². The van der Waals surface area contributed by atoms with Gasteiger partial charge in [-0.15, -0.1) is 0 Å². The minimum atomic E-state index is 0.248. The lowest BCUT2D eigenvalue weighted by atomic mass is 10.1. The van der Waals surface area contributed by atoms with Crippen LogP contribution in [0.5, 0.6) is 0 Å². The van der Waals surface area contributed by atoms with Crippen molar-refractivity contribution >= 4 is 5.91 Å². The van der Waals surface area contributed by atoms with Gasteiger partial charge in [-0.05, 0) is 24.2 Å². The van der Waals surface area contributed by atoms with E-state index >= 15 is 0 Å². The predicted molar refractivity (Wildman–Crippen MR) is 55.9 cm³/mol. The predicted octanol–water partition coefficient (Wildman–Crippen LogP) is 0.757. The second kappa shape index (κ2) is 3.89. The lowest BCUT2D eigenvalue weighted by molar-refractivity contribution is -0.121. The molecule has 80 valence electrons. The van der Waals surface area contributed by atoms with Crippen LogP contribution < -0.4 is 10.6 Å². The third kappa shape index (κ3) is 2.08. The van der Waals surface area contributed by atoms with Gasteiger partial charge in [0.25, 0.3) is 0 Å². The van der Waals surface area contributed by atoms with Crippen molar-refractivity contribution in [1.82, 2.24) is 10.6 Å². The normalized spacial score (nSPS) is 34.4. The number of hydrogen-bond acceptors (Lipinski definition) is 2. The molecule has 0 radical (unpaired) electrons. The van der Waals surface area contributed by atoms with Gasteiger partial charge >= 0.3 is 0 Å². The first-order valence-corrected chi connectivity index (χ1v) is 5.68. The highest BCUT2D eigenvalue weighted by atomic mass is 16.1. The molecular weight excluding hydrogens is 176 g/mol. The molecule has 3 nitrogen and oxygen atoms in total. The molecule has 1 saturated carbocycles. The summed E-state index contributed by atoms with van der Waals surface area (Å²) < 4.78 is 0. The van der Waals surface area contributed by atoms with Crippen LogP contribution in [-0.2, 0) is 4.79 Å². The summed E-state index contributed by atoms with van der Waals surface area (Å²) >= 11 is 0. The number of nitrogens with one attached hydrogen (secondary N) is 2. The van der Waals surface area contributed by atoms with Crippen molar-refractivity contribution in [2.75, 3.05) is 13.1 Å². The summed E-state index contributed by atoms with van der Waals surface area (Å²) in [5.41, 5.74) is 0. The van der Waals surface area contributed by atoms with E-state index in [-0.39, 0.29) is 5.91 Å². The molecule has 1 aliphatic heterocycles. The maximum atomic E-state index is 11.5. The van der Waals surface area contributed by atoms with Crippen LogP contribution in [0.25, 0.3) is 0 Å². The third-order valence-corrected chi connectivity index (χ3v) is 3.37. The van der Waals surface area contributed by atoms with Gasteiger partial charge in [-0.25, -0.2) is 0 Å². The van der Waals surface area contributed by atoms with Crippen molar-refractivity contribution < 1.29 is 4.79 Å². The van der Waals surface area contributed by atoms with Gasteiger partial charge in [0.15, 0.2) is 0 Å². The Kier molecular flexibility index (Phi) is 2.77. The first-order chi connectivity index (χ1) is 6.68. The minimum absolute atomic E-state index is 0.248. The number of hydrogen-bond donors (Lipinski definition) is 2. The fraction of sp³-hybridized carbons (Fsp3) is 0.909. The third-order valence-electron chi connectivity index (χ3n) is 3.37. The van der Waals surface area contributed by atoms with Gasteiger partial charge in [-0.3, -0.25) is 4.79 Å². The van der Waals surface area contributed by atoms with Crippen LogP contribution in [0.3, 0.4) is 0 Å². The van der Waals surface area contributed by atoms with Crippen LogP contribution in [-0.4, -0.2) is 25.0 Å². The summed E-state index contributed by atoms with van der Waals surface area (Å²) in [6, 6.07) is 0.496. The number of fused-ring (bicyclic) bond motifs is 1. The quantitative estimate of drug-likeness (QED) is 0.697. The molecule has 3 heteroatoms. The Hall–Kier alpha value is -0.570. The minimum Gasteiger partial charge on any atom is -0.353 e. The van der Waals surface area contributed by atoms with E-state index in [1.807, 2.05) is 0 Å². The molecule has 2 unspecified atom stereocenters. The summed E-state index contributed by atoms with van der Waals surface area (Å²) in [6.07, 6.45) is 1.70. The van der Waals surface area contributed by atoms with Crippen molar-refractivity contribution in [3.05, 3.63) is 0 Å². The lowest BCUT2D eigenvalue weighted by Crippen LogP contribution is -2.32. The molecule has 1 saturated heterocycles. The van der Waals surface area contributed by atoms with Crippen LogP contribution in [0, 0.1) is 17.8 Å². The largest absolute Gasteiger partial charge is 0.353 e. The fourth-order valence-electron chi connectivity index (χ4n) is 2.31. The summed E-state index contributed by atoms with van der Waals surface area (Å²) in [5, 5.41) is 6.46. The first-order valence-electron chi connectivity index (χ1n) is 5.68. The Bertz CT molecular complexity index is 217. The fourth-order valence-corrected chi connectivity index (χ4v) is 2.31. The molecule has 2 atom stereocenters. The van der Waals surface area contributed by atoms with E-state index in [1.165, 1.54) is 0 Å². The van der Waals surface area contributed by atoms with E-state index in [0.29, 0.717) is 18.4 Å². The second-order valence-electron chi connectivity index (χ2n) is 5.01. The monoisotopic (exact) mass is 196 g/mol. The Balaban J connectivity index is 1.64. The van der Waals surface area contributed by atoms with Crippen LogP contribution in [0.1, 0.15) is 26.7 Å². The van der Waals surface area contributed by atoms with Gasteiger partial charge < -0.3 is 10.6 Å². The van der Waals surface area contributed by atoms with Crippen LogP contribution in [0.2, 0.25) is 0 Å². The van der Waals surface area contributed by atoms with Crippen molar-refractivity contribution in [2.24, 2.45) is 17.8 Å². The van der Waals surface area contributed by atoms with E-state index in [9.17, 15) is 4.79 Å². The zero-order chi connectivity index (χ0) is 10.1. The molecule has 0 aromatic rings. The summed E-state index contributed by atoms with van der Waals surface area (Å²) in [6.45, 7) is 6.51. The highest BCUT2D eigenvalue weighted by molar-refractivity contribution is 5.76. The molecule has 0 bridgehead atoms. The molecule has 2 fully saturated rings. The van der Waals surface area contributed by atoms with E-state index < -0.39 is 0 Å². The molecule has 2 N–H and O–H groups in total. The number of piperidine rings is 1. The molecular formula is C11H20N2O. The maximum absolute atomic E-state index is 11.5. The van der Waals surface area contributed by atoms with Gasteiger partial charge in [0.2, 0.25) is 5.91 Å². The van der Waals surface area contributed by atoms with Crippen molar-refractivity contribution in [1.29, 1.82) is 0 Å². The van der Waals surface area contributed by atoms with Crippen molar-refractivity contribution in [3.8, 4) is 0 Å². The smallest absolute Gasteiger partial charge is 0.220 e. The average molecular weight is 196 g/mol. The molecule has 1 heterocycles. The van der Waals surface area contributed by atoms with Gasteiger partial charge in [0.1, 0.15) is 0 Å². The standard InChI is InChI=1S/C11H20N2O/c1-7(2)3-4-10(14)13-11-8-5-12-6-9(8)11/h7-9,11-12H,3-6H2,1-2H3,(H,13,14). The summed E-state index contributed by atoms with van der Waals surface area (Å²) in [4.78, 5) is 11.5. The highest BCUT2D eigenvalue weighted by Crippen LogP contribution is 2.41. The Labute approximate surface area is 85.6 Å². The van der Waals surface area contributed by atoms with E-state index in [2.05, 4.69) is 24.5 Å². The van der Waals surface area contributed by atoms with Crippen molar-refractivity contribution in [3.63, 3.8) is 0 Å². The Morgan fingerprint density at radius 3 is 2.64 bits per heavy atom. The molecule has 1 aliphatic carbocycles. The van der Waals surface area contributed by atoms with Crippen LogP contribution in [0.4, 0.5) is 0 Å². The molecule has 0 aromatic heterocycles. The lowest BCUT2D eigenvalue weighted by Gasteiger charge is -2.08. The van der Waals surface area contributed by atoms with Gasteiger partial charge in [0, 0.05) is 25.6 Å². The Morgan fingerprint density at radius 2 is 2.07 bits per heavy atom. The van der Waals surface area contributed by atoms with Crippen molar-refractivity contribution in [2.45, 2.75) is 32.7 Å². The summed E-state index contributed by atoms with van der Waals surface area (Å²) in [7, 11) is 0. The number of rotatable bonds is 4. The maximum Gasteiger partial charge on any atom is 0.220 e. The van der Waals surface area contributed by atoms with Gasteiger partial charge in [0.05, 0.1) is 0 Å². The van der Waals surface area contributed by atoms with Crippen LogP contribution in [0.15, 0.2) is 0 Å². The zero-order valence-corrected chi connectivity index (χ0v) is 9.05. The number of carbonyl (C=O) groups is 1. The molecule has 0 aromatic carbocycles. The SMILES string of the molecule is CC(C)CCC(=O)NC1C2CNCC21.